The van der Waals surface area contributed by atoms with E-state index in [0.717, 1.165) is 12.8 Å². The van der Waals surface area contributed by atoms with Crippen LogP contribution in [0.4, 0.5) is 5.82 Å². The second-order valence-corrected chi connectivity index (χ2v) is 6.40. The summed E-state index contributed by atoms with van der Waals surface area (Å²) in [6.45, 7) is -0.370. The monoisotopic (exact) mass is 335 g/mol. The molecule has 4 rings (SSSR count). The topological polar surface area (TPSA) is 126 Å². The zero-order valence-corrected chi connectivity index (χ0v) is 13.1. The standard InChI is InChI=1S/C15H21N5O4/c21-5-9-11(22)12(23)15(24-9)20-7-18-10-13(16-6-17-14(10)20)19-8-3-1-2-4-8/h6-9,11-12,15,21-23H,1-5H2,(H,16,17,19)/t9-,11-,12-,15+/m1/s1. The highest BCUT2D eigenvalue weighted by Gasteiger charge is 2.44. The van der Waals surface area contributed by atoms with Gasteiger partial charge < -0.3 is 25.4 Å². The molecule has 1 saturated carbocycles. The number of fused-ring (bicyclic) bond motifs is 1. The lowest BCUT2D eigenvalue weighted by Gasteiger charge is -2.17. The van der Waals surface area contributed by atoms with Crippen molar-refractivity contribution >= 4 is 17.0 Å². The van der Waals surface area contributed by atoms with E-state index in [-0.39, 0.29) is 6.61 Å². The van der Waals surface area contributed by atoms with Crippen LogP contribution in [0.15, 0.2) is 12.7 Å². The molecule has 0 unspecified atom stereocenters. The van der Waals surface area contributed by atoms with Crippen LogP contribution in [0.3, 0.4) is 0 Å². The summed E-state index contributed by atoms with van der Waals surface area (Å²) in [5, 5.41) is 32.8. The Kier molecular flexibility index (Phi) is 4.09. The summed E-state index contributed by atoms with van der Waals surface area (Å²) in [6.07, 6.45) is 3.60. The van der Waals surface area contributed by atoms with Crippen molar-refractivity contribution in [1.82, 2.24) is 19.5 Å². The molecule has 3 heterocycles. The minimum atomic E-state index is -1.17. The van der Waals surface area contributed by atoms with Crippen LogP contribution >= 0.6 is 0 Å². The molecule has 9 nitrogen and oxygen atoms in total. The highest BCUT2D eigenvalue weighted by molar-refractivity contribution is 5.82. The van der Waals surface area contributed by atoms with Gasteiger partial charge in [0.2, 0.25) is 0 Å². The van der Waals surface area contributed by atoms with E-state index < -0.39 is 24.5 Å². The maximum atomic E-state index is 10.2. The van der Waals surface area contributed by atoms with Gasteiger partial charge in [0.05, 0.1) is 12.9 Å². The maximum absolute atomic E-state index is 10.2. The number of rotatable bonds is 4. The quantitative estimate of drug-likeness (QED) is 0.605. The largest absolute Gasteiger partial charge is 0.394 e. The third-order valence-corrected chi connectivity index (χ3v) is 4.85. The molecule has 0 spiro atoms. The van der Waals surface area contributed by atoms with Gasteiger partial charge in [-0.25, -0.2) is 15.0 Å². The maximum Gasteiger partial charge on any atom is 0.167 e. The summed E-state index contributed by atoms with van der Waals surface area (Å²) in [5.41, 5.74) is 1.11. The second-order valence-electron chi connectivity index (χ2n) is 6.40. The van der Waals surface area contributed by atoms with Crippen molar-refractivity contribution in [3.8, 4) is 0 Å². The van der Waals surface area contributed by atoms with Crippen LogP contribution in [0, 0.1) is 0 Å². The second kappa shape index (κ2) is 6.25. The van der Waals surface area contributed by atoms with Crippen molar-refractivity contribution in [2.75, 3.05) is 11.9 Å². The predicted octanol–water partition coefficient (Wildman–Crippen LogP) is -0.208. The first kappa shape index (κ1) is 15.7. The molecule has 0 bridgehead atoms. The van der Waals surface area contributed by atoms with Gasteiger partial charge in [-0.15, -0.1) is 0 Å². The van der Waals surface area contributed by atoms with Gasteiger partial charge in [0.25, 0.3) is 0 Å². The lowest BCUT2D eigenvalue weighted by Crippen LogP contribution is -2.33. The summed E-state index contributed by atoms with van der Waals surface area (Å²) >= 11 is 0. The van der Waals surface area contributed by atoms with Crippen LogP contribution in [-0.4, -0.2) is 65.8 Å². The first-order valence-electron chi connectivity index (χ1n) is 8.25. The minimum absolute atomic E-state index is 0.370. The summed E-state index contributed by atoms with van der Waals surface area (Å²) in [6, 6.07) is 0.391. The molecule has 2 aromatic rings. The van der Waals surface area contributed by atoms with E-state index in [4.69, 9.17) is 4.74 Å². The van der Waals surface area contributed by atoms with Crippen molar-refractivity contribution in [3.05, 3.63) is 12.7 Å². The Balaban J connectivity index is 1.65. The Morgan fingerprint density at radius 1 is 1.17 bits per heavy atom. The van der Waals surface area contributed by atoms with Crippen molar-refractivity contribution in [2.24, 2.45) is 0 Å². The molecule has 4 atom stereocenters. The van der Waals surface area contributed by atoms with E-state index in [1.54, 1.807) is 4.57 Å². The lowest BCUT2D eigenvalue weighted by molar-refractivity contribution is -0.0511. The average molecular weight is 335 g/mol. The van der Waals surface area contributed by atoms with Crippen molar-refractivity contribution in [1.29, 1.82) is 0 Å². The van der Waals surface area contributed by atoms with Gasteiger partial charge >= 0.3 is 0 Å². The van der Waals surface area contributed by atoms with Crippen LogP contribution in [-0.2, 0) is 4.74 Å². The Bertz CT molecular complexity index is 717. The number of hydrogen-bond donors (Lipinski definition) is 4. The molecule has 1 aliphatic carbocycles. The highest BCUT2D eigenvalue weighted by Crippen LogP contribution is 2.32. The third kappa shape index (κ3) is 2.53. The molecule has 2 aromatic heterocycles. The van der Waals surface area contributed by atoms with Gasteiger partial charge in [0.15, 0.2) is 23.2 Å². The molecule has 4 N–H and O–H groups in total. The van der Waals surface area contributed by atoms with Gasteiger partial charge in [-0.2, -0.15) is 0 Å². The molecule has 1 aliphatic heterocycles. The molecule has 0 aromatic carbocycles. The first-order valence-corrected chi connectivity index (χ1v) is 8.25. The fourth-order valence-electron chi connectivity index (χ4n) is 3.52. The van der Waals surface area contributed by atoms with Crippen molar-refractivity contribution in [2.45, 2.75) is 56.3 Å². The molecular formula is C15H21N5O4. The number of nitrogens with one attached hydrogen (secondary N) is 1. The third-order valence-electron chi connectivity index (χ3n) is 4.85. The Morgan fingerprint density at radius 2 is 1.96 bits per heavy atom. The normalized spacial score (nSPS) is 31.1. The highest BCUT2D eigenvalue weighted by atomic mass is 16.6. The number of imidazole rings is 1. The minimum Gasteiger partial charge on any atom is -0.394 e. The number of ether oxygens (including phenoxy) is 1. The van der Waals surface area contributed by atoms with Crippen LogP contribution in [0.1, 0.15) is 31.9 Å². The van der Waals surface area contributed by atoms with Gasteiger partial charge in [-0.05, 0) is 12.8 Å². The number of aliphatic hydroxyl groups excluding tert-OH is 3. The van der Waals surface area contributed by atoms with Crippen LogP contribution in [0.25, 0.3) is 11.2 Å². The zero-order chi connectivity index (χ0) is 16.7. The van der Waals surface area contributed by atoms with E-state index in [1.807, 2.05) is 0 Å². The summed E-state index contributed by atoms with van der Waals surface area (Å²) < 4.78 is 7.12. The zero-order valence-electron chi connectivity index (χ0n) is 13.1. The van der Waals surface area contributed by atoms with Crippen LogP contribution < -0.4 is 5.32 Å². The summed E-state index contributed by atoms with van der Waals surface area (Å²) in [5.74, 6) is 0.664. The van der Waals surface area contributed by atoms with Crippen molar-refractivity contribution < 1.29 is 20.1 Å². The number of hydrogen-bond acceptors (Lipinski definition) is 8. The molecule has 2 aliphatic rings. The lowest BCUT2D eigenvalue weighted by atomic mass is 10.1. The molecule has 1 saturated heterocycles. The predicted molar refractivity (Wildman–Crippen MR) is 84.2 cm³/mol. The molecule has 0 radical (unpaired) electrons. The SMILES string of the molecule is OC[C@H]1O[C@H](n2cnc3c(NC4CCCC4)ncnc32)[C@H](O)[C@@H]1O. The molecule has 0 amide bonds. The average Bonchev–Trinajstić information content (AvgIpc) is 3.30. The number of nitrogens with zero attached hydrogens (tertiary/aromatic N) is 4. The molecule has 130 valence electrons. The van der Waals surface area contributed by atoms with E-state index in [9.17, 15) is 15.3 Å². The van der Waals surface area contributed by atoms with E-state index in [2.05, 4.69) is 20.3 Å². The van der Waals surface area contributed by atoms with Crippen molar-refractivity contribution in [3.63, 3.8) is 0 Å². The van der Waals surface area contributed by atoms with E-state index in [1.165, 1.54) is 25.5 Å². The fraction of sp³-hybridized carbons (Fsp3) is 0.667. The first-order chi connectivity index (χ1) is 11.7. The van der Waals surface area contributed by atoms with Gasteiger partial charge in [-0.3, -0.25) is 4.57 Å². The molecular weight excluding hydrogens is 314 g/mol. The molecule has 24 heavy (non-hydrogen) atoms. The van der Waals surface area contributed by atoms with Gasteiger partial charge in [0, 0.05) is 6.04 Å². The Morgan fingerprint density at radius 3 is 2.67 bits per heavy atom. The van der Waals surface area contributed by atoms with Crippen LogP contribution in [0.5, 0.6) is 0 Å². The summed E-state index contributed by atoms with van der Waals surface area (Å²) in [4.78, 5) is 12.9. The molecule has 9 heteroatoms. The van der Waals surface area contributed by atoms with Gasteiger partial charge in [0.1, 0.15) is 24.6 Å². The molecule has 2 fully saturated rings. The fourth-order valence-corrected chi connectivity index (χ4v) is 3.52. The van der Waals surface area contributed by atoms with Crippen LogP contribution in [0.2, 0.25) is 0 Å². The summed E-state index contributed by atoms with van der Waals surface area (Å²) in [7, 11) is 0. The Hall–Kier alpha value is -1.81. The Labute approximate surface area is 138 Å². The number of aromatic nitrogens is 4. The van der Waals surface area contributed by atoms with Gasteiger partial charge in [-0.1, -0.05) is 12.8 Å². The van der Waals surface area contributed by atoms with E-state index in [0.29, 0.717) is 23.0 Å². The smallest absolute Gasteiger partial charge is 0.167 e. The number of anilines is 1. The van der Waals surface area contributed by atoms with E-state index >= 15 is 0 Å². The number of aliphatic hydroxyl groups is 3.